The van der Waals surface area contributed by atoms with E-state index in [1.807, 2.05) is 0 Å². The van der Waals surface area contributed by atoms with Gasteiger partial charge in [0.15, 0.2) is 0 Å². The normalized spacial score (nSPS) is 17.0. The van der Waals surface area contributed by atoms with Gasteiger partial charge in [-0.3, -0.25) is 0 Å². The summed E-state index contributed by atoms with van der Waals surface area (Å²) in [7, 11) is 0. The van der Waals surface area contributed by atoms with Crippen LogP contribution in [0.5, 0.6) is 0 Å². The van der Waals surface area contributed by atoms with Gasteiger partial charge in [0.05, 0.1) is 11.0 Å². The van der Waals surface area contributed by atoms with Crippen LogP contribution in [-0.2, 0) is 0 Å². The number of imidazole rings is 1. The van der Waals surface area contributed by atoms with Crippen molar-refractivity contribution in [1.82, 2.24) is 9.55 Å². The lowest BCUT2D eigenvalue weighted by Gasteiger charge is -2.13. The predicted molar refractivity (Wildman–Crippen MR) is 74.7 cm³/mol. The van der Waals surface area contributed by atoms with Crippen LogP contribution in [0.3, 0.4) is 0 Å². The number of benzene rings is 1. The van der Waals surface area contributed by atoms with Gasteiger partial charge in [-0.15, -0.1) is 0 Å². The zero-order valence-electron chi connectivity index (χ0n) is 11.3. The maximum Gasteiger partial charge on any atom is 0.125 e. The lowest BCUT2D eigenvalue weighted by molar-refractivity contribution is 0.569. The van der Waals surface area contributed by atoms with Gasteiger partial charge < -0.3 is 10.3 Å². The quantitative estimate of drug-likeness (QED) is 0.897. The van der Waals surface area contributed by atoms with Crippen LogP contribution in [0, 0.1) is 5.82 Å². The summed E-state index contributed by atoms with van der Waals surface area (Å²) in [6, 6.07) is 5.39. The molecular weight excluding hydrogens is 241 g/mol. The molecule has 1 saturated carbocycles. The van der Waals surface area contributed by atoms with Crippen LogP contribution in [0.4, 0.5) is 4.39 Å². The molecule has 19 heavy (non-hydrogen) atoms. The summed E-state index contributed by atoms with van der Waals surface area (Å²) in [5, 5.41) is 0. The molecule has 3 nitrogen and oxygen atoms in total. The Morgan fingerprint density at radius 1 is 1.47 bits per heavy atom. The second kappa shape index (κ2) is 4.93. The Labute approximate surface area is 112 Å². The maximum atomic E-state index is 13.5. The fraction of sp³-hybridized carbons (Fsp3) is 0.533. The highest BCUT2D eigenvalue weighted by molar-refractivity contribution is 5.76. The van der Waals surface area contributed by atoms with Crippen LogP contribution in [0.2, 0.25) is 0 Å². The summed E-state index contributed by atoms with van der Waals surface area (Å²) < 4.78 is 15.7. The average Bonchev–Trinajstić information content (AvgIpc) is 3.17. The zero-order chi connectivity index (χ0) is 13.4. The highest BCUT2D eigenvalue weighted by Gasteiger charge is 2.29. The first-order valence-corrected chi connectivity index (χ1v) is 7.08. The van der Waals surface area contributed by atoms with Gasteiger partial charge in [0.2, 0.25) is 0 Å². The van der Waals surface area contributed by atoms with Crippen LogP contribution in [0.1, 0.15) is 50.4 Å². The van der Waals surface area contributed by atoms with Gasteiger partial charge >= 0.3 is 0 Å². The molecule has 2 aromatic rings. The predicted octanol–water partition coefficient (Wildman–Crippen LogP) is 3.35. The molecule has 1 aromatic heterocycles. The number of aromatic nitrogens is 2. The molecule has 1 aliphatic rings. The third-order valence-corrected chi connectivity index (χ3v) is 3.87. The molecular formula is C15H20FN3. The van der Waals surface area contributed by atoms with Crippen molar-refractivity contribution >= 4 is 11.0 Å². The van der Waals surface area contributed by atoms with Gasteiger partial charge in [-0.1, -0.05) is 6.92 Å². The first-order chi connectivity index (χ1) is 9.20. The van der Waals surface area contributed by atoms with Crippen molar-refractivity contribution in [1.29, 1.82) is 0 Å². The number of nitrogens with zero attached hydrogens (tertiary/aromatic N) is 2. The van der Waals surface area contributed by atoms with Crippen LogP contribution < -0.4 is 5.73 Å². The van der Waals surface area contributed by atoms with E-state index < -0.39 is 0 Å². The van der Waals surface area contributed by atoms with Crippen molar-refractivity contribution in [3.8, 4) is 0 Å². The van der Waals surface area contributed by atoms with Crippen molar-refractivity contribution in [2.24, 2.45) is 5.73 Å². The van der Waals surface area contributed by atoms with Crippen molar-refractivity contribution < 1.29 is 4.39 Å². The minimum atomic E-state index is -0.185. The molecule has 1 fully saturated rings. The number of hydrogen-bond acceptors (Lipinski definition) is 2. The van der Waals surface area contributed by atoms with E-state index in [1.54, 1.807) is 12.1 Å². The Morgan fingerprint density at radius 3 is 2.95 bits per heavy atom. The fourth-order valence-electron chi connectivity index (χ4n) is 2.70. The second-order valence-electron chi connectivity index (χ2n) is 5.54. The van der Waals surface area contributed by atoms with E-state index in [1.165, 1.54) is 18.9 Å². The Morgan fingerprint density at radius 2 is 2.26 bits per heavy atom. The zero-order valence-corrected chi connectivity index (χ0v) is 11.3. The van der Waals surface area contributed by atoms with Crippen molar-refractivity contribution in [2.45, 2.75) is 44.6 Å². The molecule has 0 saturated heterocycles. The van der Waals surface area contributed by atoms with Crippen molar-refractivity contribution in [3.63, 3.8) is 0 Å². The van der Waals surface area contributed by atoms with Gasteiger partial charge in [0.1, 0.15) is 11.6 Å². The highest BCUT2D eigenvalue weighted by Crippen LogP contribution is 2.40. The Bertz CT molecular complexity index is 586. The summed E-state index contributed by atoms with van der Waals surface area (Å²) in [5.74, 6) is 1.28. The Balaban J connectivity index is 2.05. The van der Waals surface area contributed by atoms with Crippen molar-refractivity contribution in [2.75, 3.05) is 6.54 Å². The van der Waals surface area contributed by atoms with Gasteiger partial charge in [0.25, 0.3) is 0 Å². The Hall–Kier alpha value is -1.42. The standard InChI is InChI=1S/C15H20FN3/c1-10(3-2-8-17)15-18-13-7-4-11(16)9-14(13)19(15)12-5-6-12/h4,7,9-10,12H,2-3,5-6,8,17H2,1H3. The van der Waals surface area contributed by atoms with E-state index in [0.29, 0.717) is 18.5 Å². The number of fused-ring (bicyclic) bond motifs is 1. The molecule has 1 heterocycles. The van der Waals surface area contributed by atoms with Gasteiger partial charge in [0, 0.05) is 12.0 Å². The molecule has 1 unspecified atom stereocenters. The fourth-order valence-corrected chi connectivity index (χ4v) is 2.70. The topological polar surface area (TPSA) is 43.8 Å². The van der Waals surface area contributed by atoms with Gasteiger partial charge in [-0.05, 0) is 50.4 Å². The lowest BCUT2D eigenvalue weighted by atomic mass is 10.0. The lowest BCUT2D eigenvalue weighted by Crippen LogP contribution is -2.08. The first-order valence-electron chi connectivity index (χ1n) is 7.08. The summed E-state index contributed by atoms with van der Waals surface area (Å²) in [6.07, 6.45) is 4.40. The molecule has 102 valence electrons. The monoisotopic (exact) mass is 261 g/mol. The third kappa shape index (κ3) is 2.37. The molecule has 0 amide bonds. The first kappa shape index (κ1) is 12.6. The van der Waals surface area contributed by atoms with Crippen LogP contribution in [0.15, 0.2) is 18.2 Å². The number of hydrogen-bond donors (Lipinski definition) is 1. The average molecular weight is 261 g/mol. The van der Waals surface area contributed by atoms with E-state index in [0.717, 1.165) is 29.7 Å². The van der Waals surface area contributed by atoms with E-state index in [9.17, 15) is 4.39 Å². The van der Waals surface area contributed by atoms with Crippen LogP contribution in [-0.4, -0.2) is 16.1 Å². The van der Waals surface area contributed by atoms with E-state index in [-0.39, 0.29) is 5.82 Å². The van der Waals surface area contributed by atoms with Crippen LogP contribution in [0.25, 0.3) is 11.0 Å². The molecule has 0 radical (unpaired) electrons. The molecule has 0 bridgehead atoms. The smallest absolute Gasteiger partial charge is 0.125 e. The van der Waals surface area contributed by atoms with E-state index in [4.69, 9.17) is 10.7 Å². The molecule has 3 rings (SSSR count). The summed E-state index contributed by atoms with van der Waals surface area (Å²) in [6.45, 7) is 2.90. The molecule has 1 aliphatic carbocycles. The van der Waals surface area contributed by atoms with Gasteiger partial charge in [-0.2, -0.15) is 0 Å². The SMILES string of the molecule is CC(CCCN)c1nc2ccc(F)cc2n1C1CC1. The molecule has 0 spiro atoms. The van der Waals surface area contributed by atoms with Gasteiger partial charge in [-0.25, -0.2) is 9.37 Å². The van der Waals surface area contributed by atoms with E-state index in [2.05, 4.69) is 11.5 Å². The van der Waals surface area contributed by atoms with Crippen LogP contribution >= 0.6 is 0 Å². The Kier molecular flexibility index (Phi) is 3.27. The largest absolute Gasteiger partial charge is 0.330 e. The number of rotatable bonds is 5. The molecule has 4 heteroatoms. The molecule has 1 aromatic carbocycles. The third-order valence-electron chi connectivity index (χ3n) is 3.87. The molecule has 0 aliphatic heterocycles. The summed E-state index contributed by atoms with van der Waals surface area (Å²) >= 11 is 0. The van der Waals surface area contributed by atoms with Crippen molar-refractivity contribution in [3.05, 3.63) is 29.8 Å². The summed E-state index contributed by atoms with van der Waals surface area (Å²) in [4.78, 5) is 4.72. The summed E-state index contributed by atoms with van der Waals surface area (Å²) in [5.41, 5.74) is 7.43. The minimum absolute atomic E-state index is 0.185. The highest BCUT2D eigenvalue weighted by atomic mass is 19.1. The minimum Gasteiger partial charge on any atom is -0.330 e. The molecule has 1 atom stereocenters. The maximum absolute atomic E-state index is 13.5. The number of halogens is 1. The van der Waals surface area contributed by atoms with E-state index >= 15 is 0 Å². The molecule has 2 N–H and O–H groups in total. The number of nitrogens with two attached hydrogens (primary N) is 1. The second-order valence-corrected chi connectivity index (χ2v) is 5.54.